The predicted molar refractivity (Wildman–Crippen MR) is 133 cm³/mol. The van der Waals surface area contributed by atoms with Gasteiger partial charge in [-0.1, -0.05) is 74.5 Å². The fraction of sp³-hybridized carbons (Fsp3) is 0.250. The van der Waals surface area contributed by atoms with Gasteiger partial charge in [-0.2, -0.15) is 0 Å². The molecular weight excluding hydrogens is 428 g/mol. The summed E-state index contributed by atoms with van der Waals surface area (Å²) in [7, 11) is 0. The zero-order valence-electron chi connectivity index (χ0n) is 19.7. The van der Waals surface area contributed by atoms with Gasteiger partial charge in [0.25, 0.3) is 0 Å². The number of anilines is 1. The number of carbonyl (C=O) groups excluding carboxylic acids is 3. The average Bonchev–Trinajstić information content (AvgIpc) is 2.84. The molecule has 6 heteroatoms. The van der Waals surface area contributed by atoms with E-state index in [1.807, 2.05) is 74.5 Å². The summed E-state index contributed by atoms with van der Waals surface area (Å²) >= 11 is 0. The van der Waals surface area contributed by atoms with Crippen LogP contribution in [-0.2, 0) is 14.3 Å². The summed E-state index contributed by atoms with van der Waals surface area (Å²) < 4.78 is 4.98. The monoisotopic (exact) mass is 458 g/mol. The molecule has 0 aliphatic rings. The fourth-order valence-corrected chi connectivity index (χ4v) is 3.68. The van der Waals surface area contributed by atoms with Gasteiger partial charge in [0.15, 0.2) is 0 Å². The van der Waals surface area contributed by atoms with Gasteiger partial charge in [-0.3, -0.25) is 9.59 Å². The number of ether oxygens (including phenoxy) is 1. The van der Waals surface area contributed by atoms with E-state index in [9.17, 15) is 14.4 Å². The number of carbonyl (C=O) groups is 3. The second-order valence-corrected chi connectivity index (χ2v) is 8.27. The molecule has 3 aromatic carbocycles. The summed E-state index contributed by atoms with van der Waals surface area (Å²) in [5, 5.41) is 5.79. The van der Waals surface area contributed by atoms with Crippen LogP contribution in [0, 0.1) is 5.92 Å². The lowest BCUT2D eigenvalue weighted by Crippen LogP contribution is -2.48. The first kappa shape index (κ1) is 24.7. The van der Waals surface area contributed by atoms with Crippen LogP contribution in [0.15, 0.2) is 84.9 Å². The molecule has 176 valence electrons. The molecule has 34 heavy (non-hydrogen) atoms. The Kier molecular flexibility index (Phi) is 8.57. The lowest BCUT2D eigenvalue weighted by Gasteiger charge is -2.25. The molecule has 0 spiro atoms. The summed E-state index contributed by atoms with van der Waals surface area (Å²) in [6.07, 6.45) is 0. The predicted octanol–water partition coefficient (Wildman–Crippen LogP) is 4.77. The maximum absolute atomic E-state index is 13.5. The van der Waals surface area contributed by atoms with Crippen molar-refractivity contribution in [3.63, 3.8) is 0 Å². The Hall–Kier alpha value is -3.93. The molecule has 0 saturated heterocycles. The highest BCUT2D eigenvalue weighted by molar-refractivity contribution is 5.99. The maximum atomic E-state index is 13.5. The number of amides is 2. The van der Waals surface area contributed by atoms with Crippen molar-refractivity contribution < 1.29 is 19.1 Å². The first-order valence-electron chi connectivity index (χ1n) is 11.4. The molecule has 3 aromatic rings. The highest BCUT2D eigenvalue weighted by Crippen LogP contribution is 2.25. The van der Waals surface area contributed by atoms with E-state index in [2.05, 4.69) is 10.6 Å². The third-order valence-corrected chi connectivity index (χ3v) is 5.44. The Morgan fingerprint density at radius 3 is 1.76 bits per heavy atom. The van der Waals surface area contributed by atoms with Gasteiger partial charge in [-0.25, -0.2) is 4.79 Å². The van der Waals surface area contributed by atoms with Crippen molar-refractivity contribution in [1.29, 1.82) is 0 Å². The van der Waals surface area contributed by atoms with Gasteiger partial charge in [-0.15, -0.1) is 0 Å². The van der Waals surface area contributed by atoms with E-state index in [1.165, 1.54) is 0 Å². The molecule has 0 fully saturated rings. The Morgan fingerprint density at radius 1 is 0.765 bits per heavy atom. The van der Waals surface area contributed by atoms with Gasteiger partial charge in [0.2, 0.25) is 11.8 Å². The van der Waals surface area contributed by atoms with Crippen molar-refractivity contribution in [1.82, 2.24) is 5.32 Å². The Bertz CT molecular complexity index is 1060. The molecule has 2 amide bonds. The molecule has 0 heterocycles. The molecule has 0 radical (unpaired) electrons. The molecule has 0 aromatic heterocycles. The summed E-state index contributed by atoms with van der Waals surface area (Å²) in [4.78, 5) is 38.4. The maximum Gasteiger partial charge on any atom is 0.338 e. The first-order valence-corrected chi connectivity index (χ1v) is 11.4. The fourth-order valence-electron chi connectivity index (χ4n) is 3.68. The van der Waals surface area contributed by atoms with Gasteiger partial charge in [0.1, 0.15) is 6.04 Å². The molecule has 0 bridgehead atoms. The highest BCUT2D eigenvalue weighted by Gasteiger charge is 2.29. The Balaban J connectivity index is 1.77. The van der Waals surface area contributed by atoms with Crippen LogP contribution >= 0.6 is 0 Å². The normalized spacial score (nSPS) is 11.7. The van der Waals surface area contributed by atoms with Crippen molar-refractivity contribution >= 4 is 23.5 Å². The lowest BCUT2D eigenvalue weighted by atomic mass is 9.89. The largest absolute Gasteiger partial charge is 0.462 e. The number of benzene rings is 3. The number of hydrogen-bond acceptors (Lipinski definition) is 4. The van der Waals surface area contributed by atoms with Crippen LogP contribution < -0.4 is 10.6 Å². The van der Waals surface area contributed by atoms with Gasteiger partial charge >= 0.3 is 5.97 Å². The summed E-state index contributed by atoms with van der Waals surface area (Å²) in [6.45, 7) is 5.80. The average molecular weight is 459 g/mol. The highest BCUT2D eigenvalue weighted by atomic mass is 16.5. The number of esters is 1. The molecule has 6 nitrogen and oxygen atoms in total. The number of hydrogen-bond donors (Lipinski definition) is 2. The molecule has 3 rings (SSSR count). The SMILES string of the molecule is CCOC(=O)c1ccc(NC(=O)[C@@H](NC(=O)C(c2ccccc2)c2ccccc2)C(C)C)cc1. The first-order chi connectivity index (χ1) is 16.4. The summed E-state index contributed by atoms with van der Waals surface area (Å²) in [6, 6.07) is 24.7. The molecule has 0 aliphatic carbocycles. The molecule has 2 N–H and O–H groups in total. The molecular formula is C28H30N2O4. The third-order valence-electron chi connectivity index (χ3n) is 5.44. The van der Waals surface area contributed by atoms with E-state index in [4.69, 9.17) is 4.74 Å². The van der Waals surface area contributed by atoms with E-state index >= 15 is 0 Å². The van der Waals surface area contributed by atoms with Crippen molar-refractivity contribution in [2.24, 2.45) is 5.92 Å². The van der Waals surface area contributed by atoms with Crippen LogP contribution in [-0.4, -0.2) is 30.4 Å². The Labute approximate surface area is 200 Å². The second-order valence-electron chi connectivity index (χ2n) is 8.27. The lowest BCUT2D eigenvalue weighted by molar-refractivity contribution is -0.127. The topological polar surface area (TPSA) is 84.5 Å². The standard InChI is InChI=1S/C28H30N2O4/c1-4-34-28(33)22-15-17-23(18-16-22)29-27(32)25(19(2)3)30-26(31)24(20-11-7-5-8-12-20)21-13-9-6-10-14-21/h5-19,24-25H,4H2,1-3H3,(H,29,32)(H,30,31)/t25-/m0/s1. The van der Waals surface area contributed by atoms with E-state index in [-0.39, 0.29) is 17.7 Å². The number of rotatable bonds is 9. The van der Waals surface area contributed by atoms with Crippen molar-refractivity contribution in [2.75, 3.05) is 11.9 Å². The van der Waals surface area contributed by atoms with Crippen LogP contribution in [0.5, 0.6) is 0 Å². The van der Waals surface area contributed by atoms with E-state index in [0.717, 1.165) is 11.1 Å². The van der Waals surface area contributed by atoms with Crippen LogP contribution in [0.1, 0.15) is 48.2 Å². The smallest absolute Gasteiger partial charge is 0.338 e. The van der Waals surface area contributed by atoms with Crippen molar-refractivity contribution in [2.45, 2.75) is 32.7 Å². The van der Waals surface area contributed by atoms with Gasteiger partial charge in [0, 0.05) is 5.69 Å². The Morgan fingerprint density at radius 2 is 1.29 bits per heavy atom. The second kappa shape index (κ2) is 11.8. The summed E-state index contributed by atoms with van der Waals surface area (Å²) in [5.74, 6) is -1.67. The van der Waals surface area contributed by atoms with Gasteiger partial charge in [0.05, 0.1) is 18.1 Å². The molecule has 0 aliphatic heterocycles. The van der Waals surface area contributed by atoms with E-state index in [1.54, 1.807) is 31.2 Å². The quantitative estimate of drug-likeness (QED) is 0.452. The van der Waals surface area contributed by atoms with E-state index < -0.39 is 17.9 Å². The van der Waals surface area contributed by atoms with Crippen LogP contribution in [0.4, 0.5) is 5.69 Å². The molecule has 0 unspecified atom stereocenters. The minimum Gasteiger partial charge on any atom is -0.462 e. The molecule has 1 atom stereocenters. The summed E-state index contributed by atoms with van der Waals surface area (Å²) in [5.41, 5.74) is 2.63. The minimum absolute atomic E-state index is 0.144. The van der Waals surface area contributed by atoms with Crippen molar-refractivity contribution in [3.05, 3.63) is 102 Å². The van der Waals surface area contributed by atoms with Gasteiger partial charge < -0.3 is 15.4 Å². The van der Waals surface area contributed by atoms with Crippen LogP contribution in [0.3, 0.4) is 0 Å². The molecule has 0 saturated carbocycles. The zero-order chi connectivity index (χ0) is 24.5. The van der Waals surface area contributed by atoms with Crippen LogP contribution in [0.25, 0.3) is 0 Å². The van der Waals surface area contributed by atoms with Crippen molar-refractivity contribution in [3.8, 4) is 0 Å². The van der Waals surface area contributed by atoms with Crippen LogP contribution in [0.2, 0.25) is 0 Å². The minimum atomic E-state index is -0.743. The van der Waals surface area contributed by atoms with Gasteiger partial charge in [-0.05, 0) is 48.2 Å². The zero-order valence-corrected chi connectivity index (χ0v) is 19.7. The third kappa shape index (κ3) is 6.32. The number of nitrogens with one attached hydrogen (secondary N) is 2. The van der Waals surface area contributed by atoms with E-state index in [0.29, 0.717) is 17.9 Å².